The van der Waals surface area contributed by atoms with Crippen LogP contribution in [0.5, 0.6) is 0 Å². The Balaban J connectivity index is 1.51. The number of rotatable bonds is 3. The first kappa shape index (κ1) is 14.5. The van der Waals surface area contributed by atoms with Crippen molar-refractivity contribution in [2.24, 2.45) is 11.8 Å². The quantitative estimate of drug-likeness (QED) is 0.878. The highest BCUT2D eigenvalue weighted by Crippen LogP contribution is 2.41. The van der Waals surface area contributed by atoms with Crippen molar-refractivity contribution in [1.29, 1.82) is 5.26 Å². The summed E-state index contributed by atoms with van der Waals surface area (Å²) in [6.07, 6.45) is 7.21. The number of hydrogen-bond donors (Lipinski definition) is 1. The molecule has 2 aromatic rings. The summed E-state index contributed by atoms with van der Waals surface area (Å²) in [5.41, 5.74) is 0.900. The monoisotopic (exact) mass is 310 g/mol. The number of nitriles is 1. The van der Waals surface area contributed by atoms with Gasteiger partial charge in [0.2, 0.25) is 0 Å². The number of aromatic amines is 1. The summed E-state index contributed by atoms with van der Waals surface area (Å²) in [5, 5.41) is 10.0. The van der Waals surface area contributed by atoms with E-state index in [1.54, 1.807) is 6.33 Å². The zero-order chi connectivity index (χ0) is 15.8. The molecule has 1 saturated carbocycles. The molecule has 1 aliphatic heterocycles. The van der Waals surface area contributed by atoms with Crippen LogP contribution in [0.1, 0.15) is 19.3 Å². The second-order valence-corrected chi connectivity index (χ2v) is 6.88. The van der Waals surface area contributed by atoms with Crippen molar-refractivity contribution in [1.82, 2.24) is 19.9 Å². The van der Waals surface area contributed by atoms with E-state index < -0.39 is 0 Å². The Kier molecular flexibility index (Phi) is 3.66. The molecule has 120 valence electrons. The van der Waals surface area contributed by atoms with Crippen LogP contribution in [-0.4, -0.2) is 52.6 Å². The van der Waals surface area contributed by atoms with Gasteiger partial charge in [0.1, 0.15) is 17.8 Å². The summed E-state index contributed by atoms with van der Waals surface area (Å²) in [7, 11) is 2.16. The third kappa shape index (κ3) is 2.55. The second-order valence-electron chi connectivity index (χ2n) is 6.88. The van der Waals surface area contributed by atoms with Crippen molar-refractivity contribution >= 4 is 16.9 Å². The van der Waals surface area contributed by atoms with E-state index in [1.165, 1.54) is 19.3 Å². The van der Waals surface area contributed by atoms with Gasteiger partial charge in [0.25, 0.3) is 0 Å². The first-order chi connectivity index (χ1) is 11.3. The minimum absolute atomic E-state index is 0.528. The molecule has 0 spiro atoms. The molecule has 0 amide bonds. The van der Waals surface area contributed by atoms with Crippen LogP contribution in [0.15, 0.2) is 18.6 Å². The van der Waals surface area contributed by atoms with E-state index in [9.17, 15) is 0 Å². The first-order valence-corrected chi connectivity index (χ1v) is 8.36. The van der Waals surface area contributed by atoms with E-state index >= 15 is 0 Å². The molecule has 1 N–H and O–H groups in total. The molecule has 6 heteroatoms. The van der Waals surface area contributed by atoms with Crippen molar-refractivity contribution < 1.29 is 0 Å². The molecule has 0 aromatic carbocycles. The number of H-pyrrole nitrogens is 1. The average molecular weight is 310 g/mol. The standard InChI is InChI=1S/C17H22N6/c1-22(17-15-2-5-19-16(15)20-11-21-17)14-8-12-3-6-23(7-4-18)10-13(12)9-14/h2,5,11-14H,3,6-10H2,1H3,(H,19,20,21)/t12-,13-,14+/m1/s1. The normalized spacial score (nSPS) is 27.7. The fraction of sp³-hybridized carbons (Fsp3) is 0.588. The predicted octanol–water partition coefficient (Wildman–Crippen LogP) is 2.02. The zero-order valence-electron chi connectivity index (χ0n) is 13.4. The van der Waals surface area contributed by atoms with Gasteiger partial charge in [-0.25, -0.2) is 9.97 Å². The first-order valence-electron chi connectivity index (χ1n) is 8.36. The molecule has 1 saturated heterocycles. The molecule has 0 unspecified atom stereocenters. The van der Waals surface area contributed by atoms with Crippen molar-refractivity contribution in [3.63, 3.8) is 0 Å². The third-order valence-electron chi connectivity index (χ3n) is 5.63. The molecule has 2 aromatic heterocycles. The topological polar surface area (TPSA) is 71.8 Å². The Morgan fingerprint density at radius 1 is 1.39 bits per heavy atom. The number of piperidine rings is 1. The Hall–Kier alpha value is -2.13. The van der Waals surface area contributed by atoms with Gasteiger partial charge in [-0.2, -0.15) is 5.26 Å². The minimum Gasteiger partial charge on any atom is -0.356 e. The Morgan fingerprint density at radius 3 is 3.13 bits per heavy atom. The molecule has 1 aliphatic carbocycles. The molecule has 0 radical (unpaired) electrons. The second kappa shape index (κ2) is 5.82. The van der Waals surface area contributed by atoms with Gasteiger partial charge in [0.05, 0.1) is 18.0 Å². The zero-order valence-corrected chi connectivity index (χ0v) is 13.4. The van der Waals surface area contributed by atoms with Gasteiger partial charge < -0.3 is 9.88 Å². The van der Waals surface area contributed by atoms with Crippen LogP contribution in [0.4, 0.5) is 5.82 Å². The van der Waals surface area contributed by atoms with Gasteiger partial charge in [-0.3, -0.25) is 4.90 Å². The van der Waals surface area contributed by atoms with E-state index in [-0.39, 0.29) is 0 Å². The van der Waals surface area contributed by atoms with E-state index in [0.717, 1.165) is 35.9 Å². The minimum atomic E-state index is 0.528. The van der Waals surface area contributed by atoms with E-state index in [0.29, 0.717) is 18.5 Å². The lowest BCUT2D eigenvalue weighted by Crippen LogP contribution is -2.38. The summed E-state index contributed by atoms with van der Waals surface area (Å²) in [4.78, 5) is 16.6. The third-order valence-corrected chi connectivity index (χ3v) is 5.63. The van der Waals surface area contributed by atoms with Crippen LogP contribution in [0, 0.1) is 23.2 Å². The number of nitrogens with zero attached hydrogens (tertiary/aromatic N) is 5. The Labute approximate surface area is 136 Å². The summed E-state index contributed by atoms with van der Waals surface area (Å²) in [5.74, 6) is 2.53. The summed E-state index contributed by atoms with van der Waals surface area (Å²) < 4.78 is 0. The van der Waals surface area contributed by atoms with Crippen molar-refractivity contribution in [2.45, 2.75) is 25.3 Å². The average Bonchev–Trinajstić information content (AvgIpc) is 3.20. The SMILES string of the molecule is CN(c1ncnc2[nH]ccc12)[C@H]1C[C@H]2CCN(CC#N)C[C@H]2C1. The van der Waals surface area contributed by atoms with E-state index in [1.807, 2.05) is 6.20 Å². The van der Waals surface area contributed by atoms with Gasteiger partial charge in [-0.15, -0.1) is 0 Å². The molecular formula is C17H22N6. The highest BCUT2D eigenvalue weighted by Gasteiger charge is 2.39. The maximum atomic E-state index is 8.91. The number of aromatic nitrogens is 3. The molecule has 23 heavy (non-hydrogen) atoms. The number of fused-ring (bicyclic) bond motifs is 2. The largest absolute Gasteiger partial charge is 0.356 e. The van der Waals surface area contributed by atoms with Crippen LogP contribution in [0.25, 0.3) is 11.0 Å². The molecule has 3 heterocycles. The molecule has 2 aliphatic rings. The van der Waals surface area contributed by atoms with Crippen LogP contribution >= 0.6 is 0 Å². The van der Waals surface area contributed by atoms with E-state index in [2.05, 4.69) is 43.9 Å². The molecular weight excluding hydrogens is 288 g/mol. The highest BCUT2D eigenvalue weighted by molar-refractivity contribution is 5.87. The van der Waals surface area contributed by atoms with Gasteiger partial charge in [0.15, 0.2) is 0 Å². The van der Waals surface area contributed by atoms with Gasteiger partial charge in [0, 0.05) is 25.8 Å². The van der Waals surface area contributed by atoms with Gasteiger partial charge in [-0.05, 0) is 43.7 Å². The summed E-state index contributed by atoms with van der Waals surface area (Å²) >= 11 is 0. The van der Waals surface area contributed by atoms with Crippen molar-refractivity contribution in [3.05, 3.63) is 18.6 Å². The van der Waals surface area contributed by atoms with Gasteiger partial charge in [-0.1, -0.05) is 0 Å². The van der Waals surface area contributed by atoms with Crippen LogP contribution in [0.3, 0.4) is 0 Å². The maximum Gasteiger partial charge on any atom is 0.142 e. The lowest BCUT2D eigenvalue weighted by molar-refractivity contribution is 0.153. The van der Waals surface area contributed by atoms with Crippen LogP contribution in [0.2, 0.25) is 0 Å². The predicted molar refractivity (Wildman–Crippen MR) is 89.0 cm³/mol. The van der Waals surface area contributed by atoms with Crippen molar-refractivity contribution in [3.8, 4) is 6.07 Å². The molecule has 3 atom stereocenters. The maximum absolute atomic E-state index is 8.91. The van der Waals surface area contributed by atoms with Crippen molar-refractivity contribution in [2.75, 3.05) is 31.6 Å². The number of nitrogens with one attached hydrogen (secondary N) is 1. The number of anilines is 1. The molecule has 0 bridgehead atoms. The smallest absolute Gasteiger partial charge is 0.142 e. The van der Waals surface area contributed by atoms with Gasteiger partial charge >= 0.3 is 0 Å². The van der Waals surface area contributed by atoms with Crippen LogP contribution < -0.4 is 4.90 Å². The number of hydrogen-bond acceptors (Lipinski definition) is 5. The summed E-state index contributed by atoms with van der Waals surface area (Å²) in [6, 6.07) is 4.87. The fourth-order valence-corrected chi connectivity index (χ4v) is 4.40. The van der Waals surface area contributed by atoms with E-state index in [4.69, 9.17) is 5.26 Å². The molecule has 6 nitrogen and oxygen atoms in total. The van der Waals surface area contributed by atoms with Crippen LogP contribution in [-0.2, 0) is 0 Å². The Bertz CT molecular complexity index is 732. The summed E-state index contributed by atoms with van der Waals surface area (Å²) in [6.45, 7) is 2.71. The lowest BCUT2D eigenvalue weighted by atomic mass is 9.89. The lowest BCUT2D eigenvalue weighted by Gasteiger charge is -2.33. The number of likely N-dealkylation sites (tertiary alicyclic amines) is 1. The Morgan fingerprint density at radius 2 is 2.26 bits per heavy atom. The molecule has 2 fully saturated rings. The highest BCUT2D eigenvalue weighted by atomic mass is 15.2. The fourth-order valence-electron chi connectivity index (χ4n) is 4.40. The molecule has 4 rings (SSSR count).